The van der Waals surface area contributed by atoms with E-state index in [0.717, 1.165) is 17.7 Å². The molecule has 0 saturated heterocycles. The first kappa shape index (κ1) is 15.2. The van der Waals surface area contributed by atoms with Gasteiger partial charge in [-0.15, -0.1) is 0 Å². The molecule has 20 heavy (non-hydrogen) atoms. The van der Waals surface area contributed by atoms with Crippen molar-refractivity contribution in [3.63, 3.8) is 0 Å². The van der Waals surface area contributed by atoms with E-state index in [0.29, 0.717) is 10.0 Å². The van der Waals surface area contributed by atoms with Gasteiger partial charge in [0.2, 0.25) is 0 Å². The van der Waals surface area contributed by atoms with Crippen molar-refractivity contribution in [2.45, 2.75) is 18.9 Å². The zero-order chi connectivity index (χ0) is 14.6. The molecule has 106 valence electrons. The van der Waals surface area contributed by atoms with Crippen LogP contribution in [0.3, 0.4) is 0 Å². The van der Waals surface area contributed by atoms with Crippen LogP contribution in [0.25, 0.3) is 0 Å². The molecular formula is C16H17Cl2NO. The molecule has 2 nitrogen and oxygen atoms in total. The number of aliphatic hydroxyl groups is 1. The number of anilines is 1. The van der Waals surface area contributed by atoms with Crippen molar-refractivity contribution in [3.05, 3.63) is 64.1 Å². The molecule has 2 aromatic rings. The van der Waals surface area contributed by atoms with Gasteiger partial charge in [-0.1, -0.05) is 48.3 Å². The summed E-state index contributed by atoms with van der Waals surface area (Å²) in [6.45, 7) is 1.99. The second kappa shape index (κ2) is 6.49. The Morgan fingerprint density at radius 1 is 1.05 bits per heavy atom. The highest BCUT2D eigenvalue weighted by molar-refractivity contribution is 6.31. The first-order valence-corrected chi connectivity index (χ1v) is 7.26. The Balaban J connectivity index is 2.39. The Labute approximate surface area is 129 Å². The number of hydrogen-bond donors (Lipinski definition) is 2. The molecule has 2 N–H and O–H groups in total. The summed E-state index contributed by atoms with van der Waals surface area (Å²) in [5.74, 6) is 0. The van der Waals surface area contributed by atoms with Gasteiger partial charge in [0.05, 0.1) is 12.1 Å². The van der Waals surface area contributed by atoms with Crippen molar-refractivity contribution < 1.29 is 5.11 Å². The van der Waals surface area contributed by atoms with Crippen LogP contribution in [0.5, 0.6) is 0 Å². The molecule has 2 rings (SSSR count). The first-order chi connectivity index (χ1) is 9.59. The van der Waals surface area contributed by atoms with E-state index in [1.165, 1.54) is 0 Å². The van der Waals surface area contributed by atoms with E-state index in [4.69, 9.17) is 23.2 Å². The molecule has 1 unspecified atom stereocenters. The Bertz CT molecular complexity index is 582. The Morgan fingerprint density at radius 2 is 1.70 bits per heavy atom. The average molecular weight is 310 g/mol. The van der Waals surface area contributed by atoms with E-state index >= 15 is 0 Å². The number of aliphatic hydroxyl groups excluding tert-OH is 1. The molecule has 0 radical (unpaired) electrons. The fourth-order valence-corrected chi connectivity index (χ4v) is 2.62. The molecule has 0 aromatic heterocycles. The summed E-state index contributed by atoms with van der Waals surface area (Å²) in [5, 5.41) is 14.6. The van der Waals surface area contributed by atoms with E-state index in [1.54, 1.807) is 0 Å². The Kier molecular flexibility index (Phi) is 4.92. The third kappa shape index (κ3) is 3.26. The monoisotopic (exact) mass is 309 g/mol. The van der Waals surface area contributed by atoms with E-state index < -0.39 is 5.54 Å². The van der Waals surface area contributed by atoms with Gasteiger partial charge in [-0.25, -0.2) is 0 Å². The second-order valence-corrected chi connectivity index (χ2v) is 5.61. The maximum absolute atomic E-state index is 9.91. The molecular weight excluding hydrogens is 293 g/mol. The van der Waals surface area contributed by atoms with Crippen LogP contribution in [0.1, 0.15) is 18.9 Å². The fourth-order valence-electron chi connectivity index (χ4n) is 2.24. The molecule has 2 aromatic carbocycles. The molecule has 0 heterocycles. The van der Waals surface area contributed by atoms with Crippen LogP contribution < -0.4 is 5.32 Å². The molecule has 0 aliphatic rings. The third-order valence-electron chi connectivity index (χ3n) is 3.46. The average Bonchev–Trinajstić information content (AvgIpc) is 2.45. The number of benzene rings is 2. The largest absolute Gasteiger partial charge is 0.394 e. The Morgan fingerprint density at radius 3 is 2.25 bits per heavy atom. The molecule has 0 bridgehead atoms. The quantitative estimate of drug-likeness (QED) is 0.839. The van der Waals surface area contributed by atoms with Gasteiger partial charge in [0.1, 0.15) is 0 Å². The third-order valence-corrected chi connectivity index (χ3v) is 3.93. The maximum Gasteiger partial charge on any atom is 0.0854 e. The highest BCUT2D eigenvalue weighted by atomic mass is 35.5. The van der Waals surface area contributed by atoms with Crippen molar-refractivity contribution in [2.75, 3.05) is 11.9 Å². The fraction of sp³-hybridized carbons (Fsp3) is 0.250. The summed E-state index contributed by atoms with van der Waals surface area (Å²) in [6.07, 6.45) is 0.719. The van der Waals surface area contributed by atoms with Crippen molar-refractivity contribution in [1.82, 2.24) is 0 Å². The summed E-state index contributed by atoms with van der Waals surface area (Å²) in [7, 11) is 0. The van der Waals surface area contributed by atoms with E-state index in [1.807, 2.05) is 55.5 Å². The van der Waals surface area contributed by atoms with Crippen molar-refractivity contribution in [2.24, 2.45) is 0 Å². The molecule has 0 spiro atoms. The predicted octanol–water partition coefficient (Wildman–Crippen LogP) is 4.70. The lowest BCUT2D eigenvalue weighted by atomic mass is 9.87. The summed E-state index contributed by atoms with van der Waals surface area (Å²) >= 11 is 12.1. The SMILES string of the molecule is CCC(CO)(Nc1cccc(Cl)c1)c1cccc(Cl)c1. The van der Waals surface area contributed by atoms with Crippen molar-refractivity contribution in [1.29, 1.82) is 0 Å². The molecule has 0 saturated carbocycles. The minimum atomic E-state index is -0.574. The minimum absolute atomic E-state index is 0.0314. The molecule has 0 aliphatic heterocycles. The highest BCUT2D eigenvalue weighted by Gasteiger charge is 2.29. The van der Waals surface area contributed by atoms with Gasteiger partial charge in [-0.3, -0.25) is 0 Å². The lowest BCUT2D eigenvalue weighted by Gasteiger charge is -2.34. The first-order valence-electron chi connectivity index (χ1n) is 6.50. The van der Waals surface area contributed by atoms with E-state index in [-0.39, 0.29) is 6.61 Å². The molecule has 0 fully saturated rings. The standard InChI is InChI=1S/C16H17Cl2NO/c1-2-16(11-20,12-5-3-6-13(17)9-12)19-15-8-4-7-14(18)10-15/h3-10,19-20H,2,11H2,1H3. The van der Waals surface area contributed by atoms with Gasteiger partial charge in [0.15, 0.2) is 0 Å². The zero-order valence-corrected chi connectivity index (χ0v) is 12.7. The highest BCUT2D eigenvalue weighted by Crippen LogP contribution is 2.31. The van der Waals surface area contributed by atoms with Gasteiger partial charge in [-0.2, -0.15) is 0 Å². The van der Waals surface area contributed by atoms with Gasteiger partial charge >= 0.3 is 0 Å². The van der Waals surface area contributed by atoms with Gasteiger partial charge in [0, 0.05) is 15.7 Å². The van der Waals surface area contributed by atoms with Crippen LogP contribution in [0.2, 0.25) is 10.0 Å². The summed E-state index contributed by atoms with van der Waals surface area (Å²) in [4.78, 5) is 0. The summed E-state index contributed by atoms with van der Waals surface area (Å²) < 4.78 is 0. The van der Waals surface area contributed by atoms with Gasteiger partial charge in [-0.05, 0) is 42.3 Å². The summed E-state index contributed by atoms with van der Waals surface area (Å²) in [5.41, 5.74) is 1.25. The normalized spacial score (nSPS) is 13.8. The Hall–Kier alpha value is -1.22. The lowest BCUT2D eigenvalue weighted by Crippen LogP contribution is -2.38. The molecule has 0 amide bonds. The van der Waals surface area contributed by atoms with Gasteiger partial charge in [0.25, 0.3) is 0 Å². The number of hydrogen-bond acceptors (Lipinski definition) is 2. The van der Waals surface area contributed by atoms with Crippen molar-refractivity contribution in [3.8, 4) is 0 Å². The van der Waals surface area contributed by atoms with E-state index in [9.17, 15) is 5.11 Å². The number of nitrogens with one attached hydrogen (secondary N) is 1. The van der Waals surface area contributed by atoms with Gasteiger partial charge < -0.3 is 10.4 Å². The maximum atomic E-state index is 9.91. The van der Waals surface area contributed by atoms with Crippen LogP contribution in [-0.2, 0) is 5.54 Å². The van der Waals surface area contributed by atoms with E-state index in [2.05, 4.69) is 5.32 Å². The van der Waals surface area contributed by atoms with Crippen LogP contribution in [0.4, 0.5) is 5.69 Å². The van der Waals surface area contributed by atoms with Crippen LogP contribution in [0.15, 0.2) is 48.5 Å². The number of rotatable bonds is 5. The topological polar surface area (TPSA) is 32.3 Å². The molecule has 4 heteroatoms. The zero-order valence-electron chi connectivity index (χ0n) is 11.2. The van der Waals surface area contributed by atoms with Crippen LogP contribution in [0, 0.1) is 0 Å². The van der Waals surface area contributed by atoms with Crippen molar-refractivity contribution >= 4 is 28.9 Å². The lowest BCUT2D eigenvalue weighted by molar-refractivity contribution is 0.207. The molecule has 1 atom stereocenters. The minimum Gasteiger partial charge on any atom is -0.394 e. The van der Waals surface area contributed by atoms with Crippen LogP contribution in [-0.4, -0.2) is 11.7 Å². The summed E-state index contributed by atoms with van der Waals surface area (Å²) in [6, 6.07) is 15.0. The van der Waals surface area contributed by atoms with Crippen LogP contribution >= 0.6 is 23.2 Å². The molecule has 0 aliphatic carbocycles. The second-order valence-electron chi connectivity index (χ2n) is 4.74. The predicted molar refractivity (Wildman–Crippen MR) is 85.6 cm³/mol. The number of halogens is 2. The smallest absolute Gasteiger partial charge is 0.0854 e.